The van der Waals surface area contributed by atoms with Crippen LogP contribution in [0, 0.1) is 0 Å². The molecule has 0 radical (unpaired) electrons. The fraction of sp³-hybridized carbons (Fsp3) is 0.294. The van der Waals surface area contributed by atoms with Crippen LogP contribution in [0.1, 0.15) is 26.3 Å². The number of ether oxygens (including phenoxy) is 1. The second-order valence-electron chi connectivity index (χ2n) is 6.95. The molecule has 0 fully saturated rings. The third kappa shape index (κ3) is 3.35. The van der Waals surface area contributed by atoms with Crippen LogP contribution < -0.4 is 15.2 Å². The van der Waals surface area contributed by atoms with E-state index in [1.807, 2.05) is 0 Å². The number of H-pyrrole nitrogens is 1. The number of nitrogens with one attached hydrogen (secondary N) is 2. The van der Waals surface area contributed by atoms with Crippen molar-refractivity contribution in [2.24, 2.45) is 5.14 Å². The summed E-state index contributed by atoms with van der Waals surface area (Å²) >= 11 is 0. The Morgan fingerprint density at radius 3 is 2.62 bits per heavy atom. The maximum atomic E-state index is 11.6. The summed E-state index contributed by atoms with van der Waals surface area (Å²) in [6.07, 6.45) is 1.77. The molecule has 138 valence electrons. The Balaban J connectivity index is 2.12. The average Bonchev–Trinajstić information content (AvgIpc) is 2.96. The molecule has 2 heterocycles. The summed E-state index contributed by atoms with van der Waals surface area (Å²) in [7, 11) is -2.25. The summed E-state index contributed by atoms with van der Waals surface area (Å²) in [4.78, 5) is 4.40. The lowest BCUT2D eigenvalue weighted by atomic mass is 9.87. The lowest BCUT2D eigenvalue weighted by molar-refractivity contribution is 0.402. The molecule has 0 saturated carbocycles. The average molecular weight is 375 g/mol. The van der Waals surface area contributed by atoms with Gasteiger partial charge < -0.3 is 10.1 Å². The minimum atomic E-state index is -3.79. The second-order valence-corrected chi connectivity index (χ2v) is 8.51. The van der Waals surface area contributed by atoms with Crippen LogP contribution in [0.5, 0.6) is 5.88 Å². The monoisotopic (exact) mass is 375 g/mol. The van der Waals surface area contributed by atoms with Crippen molar-refractivity contribution in [3.8, 4) is 5.88 Å². The number of rotatable bonds is 4. The Hall–Kier alpha value is -2.65. The molecule has 4 N–H and O–H groups in total. The zero-order chi connectivity index (χ0) is 19.1. The van der Waals surface area contributed by atoms with Crippen LogP contribution in [0.4, 0.5) is 11.5 Å². The van der Waals surface area contributed by atoms with Crippen molar-refractivity contribution in [3.63, 3.8) is 0 Å². The Labute approximate surface area is 151 Å². The number of nitrogens with zero attached hydrogens (tertiary/aromatic N) is 2. The molecule has 26 heavy (non-hydrogen) atoms. The van der Waals surface area contributed by atoms with E-state index in [9.17, 15) is 8.42 Å². The van der Waals surface area contributed by atoms with Gasteiger partial charge in [0.1, 0.15) is 5.39 Å². The SMILES string of the molecule is COc1ncc(C(C)(C)C)c2[nH]nc(Nc3cccc(S(N)(=O)=O)c3)c12. The Morgan fingerprint density at radius 2 is 2.00 bits per heavy atom. The van der Waals surface area contributed by atoms with E-state index in [1.54, 1.807) is 18.3 Å². The van der Waals surface area contributed by atoms with Crippen LogP contribution in [-0.4, -0.2) is 30.7 Å². The fourth-order valence-corrected chi connectivity index (χ4v) is 3.26. The van der Waals surface area contributed by atoms with Crippen molar-refractivity contribution in [3.05, 3.63) is 36.0 Å². The van der Waals surface area contributed by atoms with E-state index >= 15 is 0 Å². The number of primary sulfonamides is 1. The highest BCUT2D eigenvalue weighted by atomic mass is 32.2. The summed E-state index contributed by atoms with van der Waals surface area (Å²) in [5.74, 6) is 0.911. The molecule has 0 saturated heterocycles. The number of aromatic amines is 1. The number of hydrogen-bond acceptors (Lipinski definition) is 6. The number of nitrogens with two attached hydrogens (primary N) is 1. The van der Waals surface area contributed by atoms with Gasteiger partial charge in [0, 0.05) is 17.4 Å². The predicted octanol–water partition coefficient (Wildman–Crippen LogP) is 2.66. The van der Waals surface area contributed by atoms with Crippen LogP contribution in [0.3, 0.4) is 0 Å². The van der Waals surface area contributed by atoms with Gasteiger partial charge in [-0.25, -0.2) is 18.5 Å². The molecule has 0 atom stereocenters. The molecular formula is C17H21N5O3S. The van der Waals surface area contributed by atoms with Gasteiger partial charge in [0.2, 0.25) is 15.9 Å². The van der Waals surface area contributed by atoms with Crippen LogP contribution in [0.25, 0.3) is 10.9 Å². The molecule has 2 aromatic heterocycles. The van der Waals surface area contributed by atoms with Gasteiger partial charge in [-0.05, 0) is 23.6 Å². The van der Waals surface area contributed by atoms with E-state index in [0.29, 0.717) is 22.8 Å². The van der Waals surface area contributed by atoms with Gasteiger partial charge in [-0.2, -0.15) is 5.10 Å². The molecule has 1 aromatic carbocycles. The predicted molar refractivity (Wildman–Crippen MR) is 100 cm³/mol. The van der Waals surface area contributed by atoms with E-state index < -0.39 is 10.0 Å². The van der Waals surface area contributed by atoms with Crippen molar-refractivity contribution < 1.29 is 13.2 Å². The molecular weight excluding hydrogens is 354 g/mol. The van der Waals surface area contributed by atoms with E-state index in [2.05, 4.69) is 41.3 Å². The lowest BCUT2D eigenvalue weighted by Crippen LogP contribution is -2.12. The standard InChI is InChI=1S/C17H21N5O3S/c1-17(2,3)12-9-19-16(25-4)13-14(12)21-22-15(13)20-10-6-5-7-11(8-10)26(18,23)24/h5-9H,1-4H3,(H2,18,23,24)(H2,20,21,22). The number of sulfonamides is 1. The van der Waals surface area contributed by atoms with Crippen LogP contribution in [0.2, 0.25) is 0 Å². The smallest absolute Gasteiger partial charge is 0.238 e. The summed E-state index contributed by atoms with van der Waals surface area (Å²) in [6, 6.07) is 6.21. The van der Waals surface area contributed by atoms with Crippen LogP contribution in [-0.2, 0) is 15.4 Å². The molecule has 3 aromatic rings. The Kier molecular flexibility index (Phi) is 4.37. The largest absolute Gasteiger partial charge is 0.480 e. The van der Waals surface area contributed by atoms with Gasteiger partial charge in [0.25, 0.3) is 0 Å². The number of hydrogen-bond donors (Lipinski definition) is 3. The van der Waals surface area contributed by atoms with Gasteiger partial charge in [-0.15, -0.1) is 0 Å². The second kappa shape index (κ2) is 6.26. The Bertz CT molecular complexity index is 1070. The molecule has 0 amide bonds. The minimum Gasteiger partial charge on any atom is -0.480 e. The van der Waals surface area contributed by atoms with Gasteiger partial charge in [0.15, 0.2) is 5.82 Å². The first-order chi connectivity index (χ1) is 12.1. The zero-order valence-electron chi connectivity index (χ0n) is 15.0. The highest BCUT2D eigenvalue weighted by molar-refractivity contribution is 7.89. The number of anilines is 2. The summed E-state index contributed by atoms with van der Waals surface area (Å²) in [5.41, 5.74) is 2.20. The maximum absolute atomic E-state index is 11.6. The van der Waals surface area contributed by atoms with Gasteiger partial charge in [-0.1, -0.05) is 26.8 Å². The van der Waals surface area contributed by atoms with Crippen LogP contribution >= 0.6 is 0 Å². The van der Waals surface area contributed by atoms with Gasteiger partial charge in [0.05, 0.1) is 17.5 Å². The van der Waals surface area contributed by atoms with Gasteiger partial charge in [-0.3, -0.25) is 5.10 Å². The minimum absolute atomic E-state index is 0.0165. The third-order valence-electron chi connectivity index (χ3n) is 3.99. The van der Waals surface area contributed by atoms with Crippen LogP contribution in [0.15, 0.2) is 35.4 Å². The van der Waals surface area contributed by atoms with E-state index in [-0.39, 0.29) is 10.3 Å². The summed E-state index contributed by atoms with van der Waals surface area (Å²) in [5, 5.41) is 16.4. The van der Waals surface area contributed by atoms with Crippen molar-refractivity contribution in [2.45, 2.75) is 31.1 Å². The number of fused-ring (bicyclic) bond motifs is 1. The van der Waals surface area contributed by atoms with E-state index in [4.69, 9.17) is 9.88 Å². The van der Waals surface area contributed by atoms with Crippen molar-refractivity contribution in [1.29, 1.82) is 0 Å². The lowest BCUT2D eigenvalue weighted by Gasteiger charge is -2.19. The summed E-state index contributed by atoms with van der Waals surface area (Å²) < 4.78 is 28.5. The molecule has 0 aliphatic heterocycles. The molecule has 0 aliphatic carbocycles. The van der Waals surface area contributed by atoms with E-state index in [1.165, 1.54) is 19.2 Å². The molecule has 9 heteroatoms. The van der Waals surface area contributed by atoms with Crippen molar-refractivity contribution >= 4 is 32.4 Å². The highest BCUT2D eigenvalue weighted by Crippen LogP contribution is 2.36. The Morgan fingerprint density at radius 1 is 1.27 bits per heavy atom. The summed E-state index contributed by atoms with van der Waals surface area (Å²) in [6.45, 7) is 6.25. The van der Waals surface area contributed by atoms with Crippen molar-refractivity contribution in [2.75, 3.05) is 12.4 Å². The van der Waals surface area contributed by atoms with E-state index in [0.717, 1.165) is 11.1 Å². The fourth-order valence-electron chi connectivity index (χ4n) is 2.70. The number of pyridine rings is 1. The number of benzene rings is 1. The molecule has 3 rings (SSSR count). The maximum Gasteiger partial charge on any atom is 0.238 e. The molecule has 0 bridgehead atoms. The first-order valence-corrected chi connectivity index (χ1v) is 9.47. The molecule has 0 unspecified atom stereocenters. The first kappa shape index (κ1) is 18.2. The highest BCUT2D eigenvalue weighted by Gasteiger charge is 2.23. The van der Waals surface area contributed by atoms with Crippen molar-refractivity contribution in [1.82, 2.24) is 15.2 Å². The third-order valence-corrected chi connectivity index (χ3v) is 4.90. The topological polar surface area (TPSA) is 123 Å². The molecule has 0 aliphatic rings. The van der Waals surface area contributed by atoms with Gasteiger partial charge >= 0.3 is 0 Å². The normalized spacial score (nSPS) is 12.3. The number of aromatic nitrogens is 3. The zero-order valence-corrected chi connectivity index (χ0v) is 15.8. The molecule has 0 spiro atoms. The number of methoxy groups -OCH3 is 1. The first-order valence-electron chi connectivity index (χ1n) is 7.92. The molecule has 8 nitrogen and oxygen atoms in total. The quantitative estimate of drug-likeness (QED) is 0.644.